The summed E-state index contributed by atoms with van der Waals surface area (Å²) in [7, 11) is 0. The highest BCUT2D eigenvalue weighted by Crippen LogP contribution is 2.26. The molecule has 2 rings (SSSR count). The Morgan fingerprint density at radius 3 is 2.42 bits per heavy atom. The minimum absolute atomic E-state index is 0. The lowest BCUT2D eigenvalue weighted by Crippen LogP contribution is -2.47. The van der Waals surface area contributed by atoms with Crippen LogP contribution in [0.1, 0.15) is 79.1 Å². The van der Waals surface area contributed by atoms with Crippen LogP contribution in [-0.2, 0) is 4.79 Å². The number of guanidine groups is 1. The number of carbonyl (C=O) groups excluding carboxylic acids is 1. The van der Waals surface area contributed by atoms with E-state index >= 15 is 0 Å². The van der Waals surface area contributed by atoms with Crippen molar-refractivity contribution in [2.24, 2.45) is 16.3 Å². The first kappa shape index (κ1) is 23.5. The number of carbonyl (C=O) groups is 1. The van der Waals surface area contributed by atoms with Gasteiger partial charge in [-0.05, 0) is 57.3 Å². The topological polar surface area (TPSA) is 65.5 Å². The molecule has 6 heteroatoms. The summed E-state index contributed by atoms with van der Waals surface area (Å²) in [6.07, 6.45) is 8.79. The maximum atomic E-state index is 12.3. The summed E-state index contributed by atoms with van der Waals surface area (Å²) in [4.78, 5) is 17.1. The number of nitrogens with zero attached hydrogens (tertiary/aromatic N) is 1. The van der Waals surface area contributed by atoms with E-state index in [0.29, 0.717) is 17.5 Å². The molecule has 1 amide bonds. The van der Waals surface area contributed by atoms with Crippen molar-refractivity contribution in [1.82, 2.24) is 16.0 Å². The number of aliphatic imine (C=N–C) groups is 1. The Morgan fingerprint density at radius 2 is 1.81 bits per heavy atom. The van der Waals surface area contributed by atoms with E-state index in [0.717, 1.165) is 64.0 Å². The zero-order valence-electron chi connectivity index (χ0n) is 17.1. The first-order valence-corrected chi connectivity index (χ1v) is 10.2. The SMILES string of the molecule is CCNC(=NCCCC(C)(C)C)NC1CCCC(C(=O)NC2CC2)C1.I. The van der Waals surface area contributed by atoms with Gasteiger partial charge in [-0.3, -0.25) is 9.79 Å². The quantitative estimate of drug-likeness (QED) is 0.226. The lowest BCUT2D eigenvalue weighted by Gasteiger charge is -2.30. The summed E-state index contributed by atoms with van der Waals surface area (Å²) in [5.74, 6) is 1.33. The molecule has 3 N–H and O–H groups in total. The molecule has 2 unspecified atom stereocenters. The summed E-state index contributed by atoms with van der Waals surface area (Å²) in [5, 5.41) is 10.1. The van der Waals surface area contributed by atoms with Crippen LogP contribution in [0.25, 0.3) is 0 Å². The van der Waals surface area contributed by atoms with Gasteiger partial charge in [-0.2, -0.15) is 0 Å². The van der Waals surface area contributed by atoms with Crippen molar-refractivity contribution < 1.29 is 4.79 Å². The summed E-state index contributed by atoms with van der Waals surface area (Å²) >= 11 is 0. The fourth-order valence-corrected chi connectivity index (χ4v) is 3.42. The molecule has 0 aromatic rings. The zero-order valence-corrected chi connectivity index (χ0v) is 19.4. The molecule has 2 fully saturated rings. The van der Waals surface area contributed by atoms with Crippen LogP contribution in [0.5, 0.6) is 0 Å². The number of nitrogens with one attached hydrogen (secondary N) is 3. The van der Waals surface area contributed by atoms with Gasteiger partial charge in [0.25, 0.3) is 0 Å². The van der Waals surface area contributed by atoms with Gasteiger partial charge in [0, 0.05) is 31.1 Å². The third-order valence-corrected chi connectivity index (χ3v) is 5.01. The second kappa shape index (κ2) is 11.3. The summed E-state index contributed by atoms with van der Waals surface area (Å²) in [6.45, 7) is 10.6. The fraction of sp³-hybridized carbons (Fsp3) is 0.900. The van der Waals surface area contributed by atoms with Crippen LogP contribution in [0.3, 0.4) is 0 Å². The Labute approximate surface area is 177 Å². The smallest absolute Gasteiger partial charge is 0.223 e. The number of rotatable bonds is 7. The molecule has 26 heavy (non-hydrogen) atoms. The van der Waals surface area contributed by atoms with Crippen LogP contribution in [0, 0.1) is 11.3 Å². The molecule has 0 aromatic carbocycles. The fourth-order valence-electron chi connectivity index (χ4n) is 3.42. The Balaban J connectivity index is 0.00000338. The molecule has 2 saturated carbocycles. The third-order valence-electron chi connectivity index (χ3n) is 5.01. The average molecular weight is 478 g/mol. The monoisotopic (exact) mass is 478 g/mol. The minimum atomic E-state index is 0. The van der Waals surface area contributed by atoms with Gasteiger partial charge in [0.05, 0.1) is 0 Å². The Hall–Kier alpha value is -0.530. The van der Waals surface area contributed by atoms with Crippen LogP contribution < -0.4 is 16.0 Å². The highest BCUT2D eigenvalue weighted by molar-refractivity contribution is 14.0. The van der Waals surface area contributed by atoms with Crippen molar-refractivity contribution in [2.75, 3.05) is 13.1 Å². The molecule has 152 valence electrons. The molecule has 0 heterocycles. The first-order chi connectivity index (χ1) is 11.9. The van der Waals surface area contributed by atoms with Crippen LogP contribution in [0.15, 0.2) is 4.99 Å². The van der Waals surface area contributed by atoms with Crippen molar-refractivity contribution >= 4 is 35.8 Å². The van der Waals surface area contributed by atoms with Gasteiger partial charge >= 0.3 is 0 Å². The van der Waals surface area contributed by atoms with Gasteiger partial charge in [0.1, 0.15) is 0 Å². The average Bonchev–Trinajstić information content (AvgIpc) is 3.35. The van der Waals surface area contributed by atoms with E-state index in [-0.39, 0.29) is 35.8 Å². The maximum absolute atomic E-state index is 12.3. The molecular formula is C20H39IN4O. The number of hydrogen-bond acceptors (Lipinski definition) is 2. The number of halogens is 1. The molecule has 0 aliphatic heterocycles. The standard InChI is InChI=1S/C20H38N4O.HI/c1-5-21-19(22-13-7-12-20(2,3)4)24-17-9-6-8-15(14-17)18(25)23-16-10-11-16;/h15-17H,5-14H2,1-4H3,(H,23,25)(H2,21,22,24);1H. The van der Waals surface area contributed by atoms with Gasteiger partial charge in [-0.1, -0.05) is 27.2 Å². The molecule has 0 aromatic heterocycles. The van der Waals surface area contributed by atoms with Crippen LogP contribution in [0.2, 0.25) is 0 Å². The van der Waals surface area contributed by atoms with E-state index < -0.39 is 0 Å². The summed E-state index contributed by atoms with van der Waals surface area (Å²) in [6, 6.07) is 0.812. The van der Waals surface area contributed by atoms with Crippen molar-refractivity contribution in [2.45, 2.75) is 91.1 Å². The molecule has 2 atom stereocenters. The molecule has 0 saturated heterocycles. The predicted octanol–water partition coefficient (Wildman–Crippen LogP) is 3.82. The van der Waals surface area contributed by atoms with E-state index in [1.807, 2.05) is 0 Å². The lowest BCUT2D eigenvalue weighted by molar-refractivity contribution is -0.126. The molecule has 2 aliphatic rings. The van der Waals surface area contributed by atoms with Gasteiger partial charge in [0.15, 0.2) is 5.96 Å². The van der Waals surface area contributed by atoms with E-state index in [2.05, 4.69) is 43.6 Å². The zero-order chi connectivity index (χ0) is 18.3. The number of hydrogen-bond donors (Lipinski definition) is 3. The lowest BCUT2D eigenvalue weighted by atomic mass is 9.85. The second-order valence-electron chi connectivity index (χ2n) is 8.91. The van der Waals surface area contributed by atoms with Crippen molar-refractivity contribution in [3.05, 3.63) is 0 Å². The molecule has 0 radical (unpaired) electrons. The highest BCUT2D eigenvalue weighted by atomic mass is 127. The molecule has 0 bridgehead atoms. The summed E-state index contributed by atoms with van der Waals surface area (Å²) in [5.41, 5.74) is 0.368. The van der Waals surface area contributed by atoms with E-state index in [1.165, 1.54) is 6.42 Å². The number of amides is 1. The van der Waals surface area contributed by atoms with Crippen molar-refractivity contribution in [3.8, 4) is 0 Å². The maximum Gasteiger partial charge on any atom is 0.223 e. The van der Waals surface area contributed by atoms with Crippen LogP contribution >= 0.6 is 24.0 Å². The van der Waals surface area contributed by atoms with Crippen molar-refractivity contribution in [1.29, 1.82) is 0 Å². The van der Waals surface area contributed by atoms with Gasteiger partial charge in [-0.25, -0.2) is 0 Å². The van der Waals surface area contributed by atoms with E-state index in [4.69, 9.17) is 4.99 Å². The first-order valence-electron chi connectivity index (χ1n) is 10.2. The normalized spacial score (nSPS) is 23.8. The Bertz CT molecular complexity index is 457. The van der Waals surface area contributed by atoms with E-state index in [1.54, 1.807) is 0 Å². The molecular weight excluding hydrogens is 439 g/mol. The largest absolute Gasteiger partial charge is 0.357 e. The molecule has 0 spiro atoms. The van der Waals surface area contributed by atoms with Crippen LogP contribution in [-0.4, -0.2) is 37.0 Å². The highest BCUT2D eigenvalue weighted by Gasteiger charge is 2.31. The van der Waals surface area contributed by atoms with Gasteiger partial charge in [0.2, 0.25) is 5.91 Å². The van der Waals surface area contributed by atoms with Crippen molar-refractivity contribution in [3.63, 3.8) is 0 Å². The van der Waals surface area contributed by atoms with Gasteiger partial charge in [-0.15, -0.1) is 24.0 Å². The minimum Gasteiger partial charge on any atom is -0.357 e. The second-order valence-corrected chi connectivity index (χ2v) is 8.91. The third kappa shape index (κ3) is 9.42. The van der Waals surface area contributed by atoms with Gasteiger partial charge < -0.3 is 16.0 Å². The molecule has 2 aliphatic carbocycles. The van der Waals surface area contributed by atoms with E-state index in [9.17, 15) is 4.79 Å². The Morgan fingerprint density at radius 1 is 1.08 bits per heavy atom. The van der Waals surface area contributed by atoms with Crippen LogP contribution in [0.4, 0.5) is 0 Å². The summed E-state index contributed by atoms with van der Waals surface area (Å²) < 4.78 is 0. The Kier molecular flexibility index (Phi) is 10.3. The predicted molar refractivity (Wildman–Crippen MR) is 120 cm³/mol. The molecule has 5 nitrogen and oxygen atoms in total.